The zero-order valence-corrected chi connectivity index (χ0v) is 10.6. The van der Waals surface area contributed by atoms with Crippen molar-refractivity contribution in [3.8, 4) is 0 Å². The number of hydrogen-bond acceptors (Lipinski definition) is 2. The highest BCUT2D eigenvalue weighted by atomic mass is 35.5. The molecule has 102 valence electrons. The first-order valence-corrected chi connectivity index (χ1v) is 5.97. The van der Waals surface area contributed by atoms with Crippen LogP contribution in [-0.2, 0) is 6.18 Å². The molecule has 18 heavy (non-hydrogen) atoms. The highest BCUT2D eigenvalue weighted by molar-refractivity contribution is 6.31. The Labute approximate surface area is 112 Å². The van der Waals surface area contributed by atoms with E-state index < -0.39 is 29.0 Å². The number of aliphatic hydroxyl groups excluding tert-OH is 2. The second kappa shape index (κ2) is 6.10. The quantitative estimate of drug-likeness (QED) is 0.837. The van der Waals surface area contributed by atoms with Crippen molar-refractivity contribution in [2.24, 2.45) is 0 Å². The number of alkyl halides is 4. The van der Waals surface area contributed by atoms with Crippen molar-refractivity contribution >= 4 is 23.2 Å². The van der Waals surface area contributed by atoms with E-state index in [0.717, 1.165) is 12.1 Å². The predicted molar refractivity (Wildman–Crippen MR) is 62.8 cm³/mol. The van der Waals surface area contributed by atoms with Gasteiger partial charge in [0.1, 0.15) is 6.10 Å². The Balaban J connectivity index is 3.05. The summed E-state index contributed by atoms with van der Waals surface area (Å²) in [5, 5.41) is 18.7. The van der Waals surface area contributed by atoms with Crippen molar-refractivity contribution in [3.63, 3.8) is 0 Å². The summed E-state index contributed by atoms with van der Waals surface area (Å²) in [7, 11) is 0. The fraction of sp³-hybridized carbons (Fsp3) is 0.455. The fourth-order valence-electron chi connectivity index (χ4n) is 1.44. The van der Waals surface area contributed by atoms with Gasteiger partial charge in [0.25, 0.3) is 0 Å². The lowest BCUT2D eigenvalue weighted by Gasteiger charge is -2.19. The fourth-order valence-corrected chi connectivity index (χ4v) is 1.88. The highest BCUT2D eigenvalue weighted by Gasteiger charge is 2.34. The minimum atomic E-state index is -4.61. The second-order valence-electron chi connectivity index (χ2n) is 3.73. The van der Waals surface area contributed by atoms with Crippen LogP contribution >= 0.6 is 23.2 Å². The van der Waals surface area contributed by atoms with Gasteiger partial charge in [0.2, 0.25) is 0 Å². The summed E-state index contributed by atoms with van der Waals surface area (Å²) in [5.74, 6) is 0.0952. The zero-order chi connectivity index (χ0) is 13.9. The lowest BCUT2D eigenvalue weighted by molar-refractivity contribution is -0.137. The third-order valence-electron chi connectivity index (χ3n) is 2.41. The Morgan fingerprint density at radius 3 is 2.33 bits per heavy atom. The van der Waals surface area contributed by atoms with Gasteiger partial charge in [-0.05, 0) is 24.1 Å². The van der Waals surface area contributed by atoms with Gasteiger partial charge in [0.15, 0.2) is 0 Å². The van der Waals surface area contributed by atoms with Crippen molar-refractivity contribution in [2.75, 3.05) is 5.88 Å². The van der Waals surface area contributed by atoms with Gasteiger partial charge in [0.05, 0.1) is 16.7 Å². The molecule has 0 amide bonds. The molecule has 0 aliphatic carbocycles. The lowest BCUT2D eigenvalue weighted by Crippen LogP contribution is -2.19. The van der Waals surface area contributed by atoms with Crippen LogP contribution in [0.25, 0.3) is 0 Å². The van der Waals surface area contributed by atoms with E-state index in [-0.39, 0.29) is 17.9 Å². The minimum Gasteiger partial charge on any atom is -0.390 e. The Bertz CT molecular complexity index is 410. The summed E-state index contributed by atoms with van der Waals surface area (Å²) in [6.07, 6.45) is -7.18. The molecule has 0 bridgehead atoms. The highest BCUT2D eigenvalue weighted by Crippen LogP contribution is 2.36. The van der Waals surface area contributed by atoms with Gasteiger partial charge in [-0.2, -0.15) is 13.2 Å². The third-order valence-corrected chi connectivity index (χ3v) is 2.95. The normalized spacial score (nSPS) is 15.5. The van der Waals surface area contributed by atoms with Crippen LogP contribution in [0.15, 0.2) is 18.2 Å². The largest absolute Gasteiger partial charge is 0.417 e. The summed E-state index contributed by atoms with van der Waals surface area (Å²) in [4.78, 5) is 0. The molecule has 2 atom stereocenters. The molecule has 1 aromatic carbocycles. The van der Waals surface area contributed by atoms with E-state index in [2.05, 4.69) is 0 Å². The number of rotatable bonds is 4. The van der Waals surface area contributed by atoms with Crippen LogP contribution in [0, 0.1) is 0 Å². The van der Waals surface area contributed by atoms with Crippen LogP contribution in [0.4, 0.5) is 13.2 Å². The molecule has 1 aromatic rings. The van der Waals surface area contributed by atoms with Gasteiger partial charge in [-0.3, -0.25) is 0 Å². The molecule has 0 aliphatic rings. The van der Waals surface area contributed by atoms with E-state index in [4.69, 9.17) is 23.2 Å². The molecular formula is C11H11Cl2F3O2. The van der Waals surface area contributed by atoms with Gasteiger partial charge in [-0.15, -0.1) is 11.6 Å². The van der Waals surface area contributed by atoms with E-state index in [1.165, 1.54) is 6.07 Å². The summed E-state index contributed by atoms with van der Waals surface area (Å²) in [6.45, 7) is 0. The topological polar surface area (TPSA) is 40.5 Å². The third kappa shape index (κ3) is 3.75. The molecule has 2 nitrogen and oxygen atoms in total. The van der Waals surface area contributed by atoms with Crippen molar-refractivity contribution in [2.45, 2.75) is 24.8 Å². The lowest BCUT2D eigenvalue weighted by atomic mass is 10.0. The maximum absolute atomic E-state index is 12.6. The monoisotopic (exact) mass is 302 g/mol. The van der Waals surface area contributed by atoms with Crippen LogP contribution in [-0.4, -0.2) is 22.2 Å². The molecule has 0 heterocycles. The average Bonchev–Trinajstić information content (AvgIpc) is 2.27. The first-order valence-electron chi connectivity index (χ1n) is 5.06. The van der Waals surface area contributed by atoms with Gasteiger partial charge in [0, 0.05) is 5.88 Å². The number of benzene rings is 1. The Kier molecular flexibility index (Phi) is 5.28. The Hall–Kier alpha value is -0.490. The number of aliphatic hydroxyl groups is 2. The van der Waals surface area contributed by atoms with Crippen LogP contribution in [0.1, 0.15) is 23.7 Å². The molecule has 0 saturated heterocycles. The Morgan fingerprint density at radius 1 is 1.22 bits per heavy atom. The number of halogens is 5. The molecule has 0 spiro atoms. The van der Waals surface area contributed by atoms with E-state index in [9.17, 15) is 23.4 Å². The second-order valence-corrected chi connectivity index (χ2v) is 4.51. The van der Waals surface area contributed by atoms with Gasteiger partial charge in [-0.1, -0.05) is 17.7 Å². The average molecular weight is 303 g/mol. The molecule has 1 rings (SSSR count). The van der Waals surface area contributed by atoms with Crippen molar-refractivity contribution in [1.82, 2.24) is 0 Å². The summed E-state index contributed by atoms with van der Waals surface area (Å²) >= 11 is 10.8. The van der Waals surface area contributed by atoms with E-state index in [1.807, 2.05) is 0 Å². The SMILES string of the molecule is OC(CCCl)C(O)c1ccc(Cl)c(C(F)(F)F)c1. The summed E-state index contributed by atoms with van der Waals surface area (Å²) in [5.41, 5.74) is -1.09. The van der Waals surface area contributed by atoms with E-state index >= 15 is 0 Å². The van der Waals surface area contributed by atoms with Crippen LogP contribution in [0.5, 0.6) is 0 Å². The van der Waals surface area contributed by atoms with E-state index in [0.29, 0.717) is 0 Å². The zero-order valence-electron chi connectivity index (χ0n) is 9.09. The van der Waals surface area contributed by atoms with Crippen molar-refractivity contribution in [1.29, 1.82) is 0 Å². The van der Waals surface area contributed by atoms with Crippen LogP contribution < -0.4 is 0 Å². The predicted octanol–water partition coefficient (Wildman–Crippen LogP) is 3.38. The molecular weight excluding hydrogens is 292 g/mol. The molecule has 0 fully saturated rings. The summed E-state index contributed by atoms with van der Waals surface area (Å²) in [6, 6.07) is 3.00. The van der Waals surface area contributed by atoms with Gasteiger partial charge < -0.3 is 10.2 Å². The van der Waals surface area contributed by atoms with Crippen molar-refractivity contribution in [3.05, 3.63) is 34.3 Å². The van der Waals surface area contributed by atoms with Gasteiger partial charge in [-0.25, -0.2) is 0 Å². The van der Waals surface area contributed by atoms with Gasteiger partial charge >= 0.3 is 6.18 Å². The first kappa shape index (κ1) is 15.6. The molecule has 0 saturated carbocycles. The smallest absolute Gasteiger partial charge is 0.390 e. The molecule has 0 aromatic heterocycles. The van der Waals surface area contributed by atoms with Crippen LogP contribution in [0.2, 0.25) is 5.02 Å². The maximum atomic E-state index is 12.6. The number of hydrogen-bond donors (Lipinski definition) is 2. The molecule has 0 radical (unpaired) electrons. The van der Waals surface area contributed by atoms with Crippen LogP contribution in [0.3, 0.4) is 0 Å². The minimum absolute atomic E-state index is 0.0515. The Morgan fingerprint density at radius 2 is 1.83 bits per heavy atom. The van der Waals surface area contributed by atoms with Crippen molar-refractivity contribution < 1.29 is 23.4 Å². The molecule has 7 heteroatoms. The molecule has 2 N–H and O–H groups in total. The standard InChI is InChI=1S/C11H11Cl2F3O2/c12-4-3-9(17)10(18)6-1-2-8(13)7(5-6)11(14,15)16/h1-2,5,9-10,17-18H,3-4H2. The summed E-state index contributed by atoms with van der Waals surface area (Å²) < 4.78 is 37.8. The van der Waals surface area contributed by atoms with E-state index in [1.54, 1.807) is 0 Å². The molecule has 2 unspecified atom stereocenters. The maximum Gasteiger partial charge on any atom is 0.417 e. The molecule has 0 aliphatic heterocycles. The first-order chi connectivity index (χ1) is 8.27.